The van der Waals surface area contributed by atoms with Gasteiger partial charge >= 0.3 is 5.97 Å². The highest BCUT2D eigenvalue weighted by molar-refractivity contribution is 9.10. The predicted octanol–water partition coefficient (Wildman–Crippen LogP) is 5.05. The molecule has 208 valence electrons. The number of methoxy groups -OCH3 is 1. The van der Waals surface area contributed by atoms with Crippen molar-refractivity contribution in [3.8, 4) is 5.75 Å². The van der Waals surface area contributed by atoms with Gasteiger partial charge in [-0.05, 0) is 69.4 Å². The van der Waals surface area contributed by atoms with Crippen molar-refractivity contribution < 1.29 is 19.2 Å². The van der Waals surface area contributed by atoms with E-state index < -0.39 is 16.9 Å². The van der Waals surface area contributed by atoms with E-state index in [0.717, 1.165) is 16.7 Å². The van der Waals surface area contributed by atoms with Gasteiger partial charge in [0.05, 0.1) is 38.4 Å². The molecule has 11 heteroatoms. The van der Waals surface area contributed by atoms with Crippen molar-refractivity contribution >= 4 is 45.0 Å². The largest absolute Gasteiger partial charge is 0.488 e. The molecular formula is C30H24BrN3O6S. The van der Waals surface area contributed by atoms with Crippen molar-refractivity contribution in [1.29, 1.82) is 0 Å². The number of non-ortho nitro benzene ring substituents is 1. The van der Waals surface area contributed by atoms with Crippen LogP contribution in [0.15, 0.2) is 98.3 Å². The van der Waals surface area contributed by atoms with Gasteiger partial charge in [-0.15, -0.1) is 0 Å². The Morgan fingerprint density at radius 3 is 2.51 bits per heavy atom. The molecule has 5 rings (SSSR count). The zero-order valence-corrected chi connectivity index (χ0v) is 24.5. The molecule has 4 aromatic rings. The molecule has 0 fully saturated rings. The first-order valence-electron chi connectivity index (χ1n) is 12.6. The third-order valence-electron chi connectivity index (χ3n) is 6.56. The normalized spacial score (nSPS) is 14.8. The van der Waals surface area contributed by atoms with Crippen molar-refractivity contribution in [3.63, 3.8) is 0 Å². The van der Waals surface area contributed by atoms with Gasteiger partial charge in [-0.1, -0.05) is 54.7 Å². The number of ether oxygens (including phenoxy) is 2. The smallest absolute Gasteiger partial charge is 0.338 e. The number of fused-ring (bicyclic) bond motifs is 1. The van der Waals surface area contributed by atoms with E-state index in [1.165, 1.54) is 30.6 Å². The van der Waals surface area contributed by atoms with Crippen molar-refractivity contribution in [2.45, 2.75) is 26.0 Å². The Morgan fingerprint density at radius 1 is 1.15 bits per heavy atom. The van der Waals surface area contributed by atoms with Gasteiger partial charge in [0.25, 0.3) is 11.2 Å². The van der Waals surface area contributed by atoms with E-state index in [2.05, 4.69) is 20.9 Å². The number of carbonyl (C=O) groups is 1. The molecule has 0 aliphatic carbocycles. The van der Waals surface area contributed by atoms with Crippen LogP contribution in [-0.2, 0) is 16.1 Å². The molecule has 0 saturated heterocycles. The van der Waals surface area contributed by atoms with Gasteiger partial charge in [0.15, 0.2) is 4.80 Å². The molecule has 0 amide bonds. The van der Waals surface area contributed by atoms with Gasteiger partial charge in [0, 0.05) is 12.1 Å². The van der Waals surface area contributed by atoms with Crippen LogP contribution in [0.5, 0.6) is 5.75 Å². The summed E-state index contributed by atoms with van der Waals surface area (Å²) in [4.78, 5) is 42.3. The lowest BCUT2D eigenvalue weighted by atomic mass is 9.95. The molecule has 0 radical (unpaired) electrons. The standard InChI is InChI=1S/C30H24BrN3O6S/c1-3-23-26(29(36)39-2)27(20-7-5-4-6-8-20)33-28(35)25(41-30(33)32-23)16-19-11-14-24(22(31)15-19)40-17-18-9-12-21(13-10-18)34(37)38/h4-16,27H,3,17H2,1-2H3/b25-16-/t27-/m0/s1. The van der Waals surface area contributed by atoms with Gasteiger partial charge in [-0.2, -0.15) is 0 Å². The lowest BCUT2D eigenvalue weighted by Crippen LogP contribution is -2.40. The molecule has 1 aromatic heterocycles. The van der Waals surface area contributed by atoms with Crippen molar-refractivity contribution in [2.24, 2.45) is 4.99 Å². The third kappa shape index (κ3) is 5.77. The van der Waals surface area contributed by atoms with Crippen LogP contribution < -0.4 is 19.6 Å². The number of hydrogen-bond acceptors (Lipinski definition) is 8. The Balaban J connectivity index is 1.48. The summed E-state index contributed by atoms with van der Waals surface area (Å²) in [5.41, 5.74) is 3.06. The highest BCUT2D eigenvalue weighted by atomic mass is 79.9. The van der Waals surface area contributed by atoms with Crippen LogP contribution in [0.3, 0.4) is 0 Å². The van der Waals surface area contributed by atoms with E-state index in [4.69, 9.17) is 9.47 Å². The first-order chi connectivity index (χ1) is 19.8. The van der Waals surface area contributed by atoms with Crippen molar-refractivity contribution in [3.05, 3.63) is 135 Å². The molecule has 0 bridgehead atoms. The number of carbonyl (C=O) groups excluding carboxylic acids is 1. The maximum atomic E-state index is 13.8. The molecule has 3 aromatic carbocycles. The second kappa shape index (κ2) is 12.0. The zero-order valence-electron chi connectivity index (χ0n) is 22.1. The Labute approximate surface area is 247 Å². The summed E-state index contributed by atoms with van der Waals surface area (Å²) in [6.45, 7) is 2.15. The Hall–Kier alpha value is -4.35. The SMILES string of the molecule is CCC1=C(C(=O)OC)[C@H](c2ccccc2)n2c(s/c(=C\c3ccc(OCc4ccc([N+](=O)[O-])cc4)c(Br)c3)c2=O)=N1. The molecular weight excluding hydrogens is 610 g/mol. The van der Waals surface area contributed by atoms with E-state index in [-0.39, 0.29) is 17.9 Å². The van der Waals surface area contributed by atoms with Crippen LogP contribution in [0.4, 0.5) is 5.69 Å². The highest BCUT2D eigenvalue weighted by Gasteiger charge is 2.33. The van der Waals surface area contributed by atoms with E-state index in [9.17, 15) is 19.7 Å². The maximum Gasteiger partial charge on any atom is 0.338 e. The monoisotopic (exact) mass is 633 g/mol. The van der Waals surface area contributed by atoms with Crippen LogP contribution in [0.25, 0.3) is 6.08 Å². The minimum atomic E-state index is -0.654. The number of esters is 1. The van der Waals surface area contributed by atoms with Crippen LogP contribution in [0, 0.1) is 10.1 Å². The van der Waals surface area contributed by atoms with E-state index in [1.807, 2.05) is 49.4 Å². The Kier molecular flexibility index (Phi) is 8.27. The average molecular weight is 635 g/mol. The molecule has 1 aliphatic heterocycles. The summed E-state index contributed by atoms with van der Waals surface area (Å²) in [7, 11) is 1.33. The summed E-state index contributed by atoms with van der Waals surface area (Å²) in [5, 5.41) is 10.9. The molecule has 1 atom stereocenters. The lowest BCUT2D eigenvalue weighted by Gasteiger charge is -2.25. The summed E-state index contributed by atoms with van der Waals surface area (Å²) < 4.78 is 13.7. The predicted molar refractivity (Wildman–Crippen MR) is 158 cm³/mol. The quantitative estimate of drug-likeness (QED) is 0.152. The molecule has 0 spiro atoms. The maximum absolute atomic E-state index is 13.8. The van der Waals surface area contributed by atoms with E-state index in [0.29, 0.717) is 37.2 Å². The first-order valence-corrected chi connectivity index (χ1v) is 14.3. The number of hydrogen-bond donors (Lipinski definition) is 0. The minimum Gasteiger partial charge on any atom is -0.488 e. The topological polar surface area (TPSA) is 113 Å². The molecule has 41 heavy (non-hydrogen) atoms. The first kappa shape index (κ1) is 28.2. The Bertz CT molecular complexity index is 1850. The molecule has 1 aliphatic rings. The second-order valence-electron chi connectivity index (χ2n) is 9.10. The fourth-order valence-corrected chi connectivity index (χ4v) is 6.10. The van der Waals surface area contributed by atoms with E-state index in [1.54, 1.807) is 28.8 Å². The van der Waals surface area contributed by atoms with Crippen LogP contribution in [0.1, 0.15) is 36.1 Å². The number of allylic oxidation sites excluding steroid dienone is 1. The van der Waals surface area contributed by atoms with Crippen molar-refractivity contribution in [2.75, 3.05) is 7.11 Å². The number of nitro benzene ring substituents is 1. The summed E-state index contributed by atoms with van der Waals surface area (Å²) >= 11 is 4.80. The Morgan fingerprint density at radius 2 is 1.88 bits per heavy atom. The fraction of sp³-hybridized carbons (Fsp3) is 0.167. The molecule has 2 heterocycles. The fourth-order valence-electron chi connectivity index (χ4n) is 4.57. The zero-order chi connectivity index (χ0) is 29.1. The van der Waals surface area contributed by atoms with Crippen LogP contribution >= 0.6 is 27.3 Å². The van der Waals surface area contributed by atoms with Crippen molar-refractivity contribution in [1.82, 2.24) is 4.57 Å². The summed E-state index contributed by atoms with van der Waals surface area (Å²) in [6, 6.07) is 20.4. The molecule has 0 N–H and O–H groups in total. The minimum absolute atomic E-state index is 0.0205. The van der Waals surface area contributed by atoms with Crippen LogP contribution in [0.2, 0.25) is 0 Å². The summed E-state index contributed by atoms with van der Waals surface area (Å²) in [6.07, 6.45) is 2.29. The molecule has 9 nitrogen and oxygen atoms in total. The van der Waals surface area contributed by atoms with Crippen LogP contribution in [-0.4, -0.2) is 22.6 Å². The van der Waals surface area contributed by atoms with Gasteiger partial charge in [0.1, 0.15) is 12.4 Å². The number of halogens is 1. The number of nitrogens with zero attached hydrogens (tertiary/aromatic N) is 3. The lowest BCUT2D eigenvalue weighted by molar-refractivity contribution is -0.384. The molecule has 0 saturated carbocycles. The second-order valence-corrected chi connectivity index (χ2v) is 11.0. The van der Waals surface area contributed by atoms with Gasteiger partial charge < -0.3 is 9.47 Å². The highest BCUT2D eigenvalue weighted by Crippen LogP contribution is 2.32. The number of rotatable bonds is 8. The van der Waals surface area contributed by atoms with Gasteiger partial charge in [0.2, 0.25) is 0 Å². The van der Waals surface area contributed by atoms with E-state index >= 15 is 0 Å². The van der Waals surface area contributed by atoms with Gasteiger partial charge in [-0.25, -0.2) is 9.79 Å². The molecule has 0 unspecified atom stereocenters. The average Bonchev–Trinajstić information content (AvgIpc) is 3.30. The number of nitro groups is 1. The third-order valence-corrected chi connectivity index (χ3v) is 8.16. The number of thiazole rings is 1. The number of benzene rings is 3. The van der Waals surface area contributed by atoms with Gasteiger partial charge in [-0.3, -0.25) is 19.5 Å². The summed E-state index contributed by atoms with van der Waals surface area (Å²) in [5.74, 6) is 0.0725. The number of aromatic nitrogens is 1.